The largest absolute Gasteiger partial charge is 0.452 e. The van der Waals surface area contributed by atoms with Gasteiger partial charge in [0.1, 0.15) is 5.54 Å². The van der Waals surface area contributed by atoms with Crippen molar-refractivity contribution >= 4 is 21.9 Å². The van der Waals surface area contributed by atoms with E-state index >= 15 is 0 Å². The second kappa shape index (κ2) is 7.89. The lowest BCUT2D eigenvalue weighted by molar-refractivity contribution is -0.125. The van der Waals surface area contributed by atoms with Crippen LogP contribution in [0.2, 0.25) is 0 Å². The van der Waals surface area contributed by atoms with E-state index in [0.717, 1.165) is 25.7 Å². The molecule has 1 aliphatic heterocycles. The van der Waals surface area contributed by atoms with Crippen LogP contribution in [0.4, 0.5) is 0 Å². The molecule has 1 aromatic carbocycles. The lowest BCUT2D eigenvalue weighted by Gasteiger charge is -2.22. The van der Waals surface area contributed by atoms with Crippen LogP contribution in [0.15, 0.2) is 29.2 Å². The van der Waals surface area contributed by atoms with Crippen molar-refractivity contribution in [1.29, 1.82) is 5.26 Å². The predicted octanol–water partition coefficient (Wildman–Crippen LogP) is 1.44. The third-order valence-electron chi connectivity index (χ3n) is 5.15. The van der Waals surface area contributed by atoms with E-state index in [4.69, 9.17) is 4.74 Å². The molecule has 0 spiro atoms. The van der Waals surface area contributed by atoms with Crippen LogP contribution in [0.3, 0.4) is 0 Å². The third-order valence-corrected chi connectivity index (χ3v) is 7.07. The molecule has 9 heteroatoms. The highest BCUT2D eigenvalue weighted by Gasteiger charge is 2.43. The highest BCUT2D eigenvalue weighted by atomic mass is 32.2. The number of ether oxygens (including phenoxy) is 1. The number of carbonyl (C=O) groups excluding carboxylic acids is 2. The molecule has 1 aliphatic carbocycles. The molecule has 1 atom stereocenters. The fraction of sp³-hybridized carbons (Fsp3) is 0.526. The highest BCUT2D eigenvalue weighted by Crippen LogP contribution is 2.39. The van der Waals surface area contributed by atoms with E-state index in [0.29, 0.717) is 13.1 Å². The van der Waals surface area contributed by atoms with E-state index in [1.165, 1.54) is 28.6 Å². The van der Waals surface area contributed by atoms with Crippen molar-refractivity contribution < 1.29 is 22.7 Å². The van der Waals surface area contributed by atoms with Gasteiger partial charge >= 0.3 is 5.97 Å². The van der Waals surface area contributed by atoms with E-state index in [1.54, 1.807) is 6.92 Å². The van der Waals surface area contributed by atoms with E-state index in [-0.39, 0.29) is 16.4 Å². The van der Waals surface area contributed by atoms with Gasteiger partial charge < -0.3 is 10.1 Å². The van der Waals surface area contributed by atoms with Crippen LogP contribution in [-0.2, 0) is 19.6 Å². The second-order valence-electron chi connectivity index (χ2n) is 7.35. The molecule has 0 unspecified atom stereocenters. The zero-order valence-electron chi connectivity index (χ0n) is 15.7. The zero-order valence-corrected chi connectivity index (χ0v) is 16.5. The third kappa shape index (κ3) is 4.34. The molecule has 1 saturated heterocycles. The monoisotopic (exact) mass is 405 g/mol. The van der Waals surface area contributed by atoms with Crippen molar-refractivity contribution in [2.45, 2.75) is 43.0 Å². The van der Waals surface area contributed by atoms with Crippen LogP contribution in [0.1, 0.15) is 43.0 Å². The molecular formula is C19H23N3O5S. The molecule has 150 valence electrons. The Balaban J connectivity index is 1.56. The molecule has 2 fully saturated rings. The van der Waals surface area contributed by atoms with Crippen molar-refractivity contribution in [2.75, 3.05) is 19.7 Å². The first-order chi connectivity index (χ1) is 13.3. The summed E-state index contributed by atoms with van der Waals surface area (Å²) < 4.78 is 31.4. The van der Waals surface area contributed by atoms with Gasteiger partial charge in [-0.15, -0.1) is 0 Å². The molecule has 1 amide bonds. The molecule has 3 rings (SSSR count). The van der Waals surface area contributed by atoms with E-state index in [1.807, 2.05) is 0 Å². The van der Waals surface area contributed by atoms with Crippen molar-refractivity contribution in [3.63, 3.8) is 0 Å². The van der Waals surface area contributed by atoms with Crippen molar-refractivity contribution in [2.24, 2.45) is 5.92 Å². The summed E-state index contributed by atoms with van der Waals surface area (Å²) >= 11 is 0. The molecule has 0 aromatic heterocycles. The Kier molecular flexibility index (Phi) is 5.72. The van der Waals surface area contributed by atoms with Crippen LogP contribution < -0.4 is 5.32 Å². The number of carbonyl (C=O) groups is 2. The summed E-state index contributed by atoms with van der Waals surface area (Å²) in [6.45, 7) is 2.16. The minimum absolute atomic E-state index is 0.123. The summed E-state index contributed by atoms with van der Waals surface area (Å²) in [6, 6.07) is 7.57. The molecule has 28 heavy (non-hydrogen) atoms. The van der Waals surface area contributed by atoms with Crippen LogP contribution >= 0.6 is 0 Å². The molecule has 1 aromatic rings. The van der Waals surface area contributed by atoms with Crippen LogP contribution in [0.5, 0.6) is 0 Å². The quantitative estimate of drug-likeness (QED) is 0.686. The summed E-state index contributed by atoms with van der Waals surface area (Å²) in [5.74, 6) is -1.15. The smallest absolute Gasteiger partial charge is 0.338 e. The first-order valence-electron chi connectivity index (χ1n) is 9.26. The summed E-state index contributed by atoms with van der Waals surface area (Å²) in [7, 11) is -3.55. The van der Waals surface area contributed by atoms with Gasteiger partial charge in [0.05, 0.1) is 16.5 Å². The molecule has 8 nitrogen and oxygen atoms in total. The number of sulfonamides is 1. The minimum Gasteiger partial charge on any atom is -0.452 e. The van der Waals surface area contributed by atoms with Crippen molar-refractivity contribution in [1.82, 2.24) is 9.62 Å². The standard InChI is InChI=1S/C19H23N3O5S/c1-19(13-20,15-6-7-15)21-17(23)12-27-18(24)14-4-8-16(9-5-14)28(25,26)22-10-2-3-11-22/h4-5,8-9,15H,2-3,6-7,10-12H2,1H3,(H,21,23)/t19-/m1/s1. The minimum atomic E-state index is -3.55. The van der Waals surface area contributed by atoms with E-state index < -0.39 is 34.0 Å². The topological polar surface area (TPSA) is 117 Å². The van der Waals surface area contributed by atoms with E-state index in [2.05, 4.69) is 11.4 Å². The fourth-order valence-corrected chi connectivity index (χ4v) is 4.78. The average molecular weight is 405 g/mol. The Morgan fingerprint density at radius 1 is 1.25 bits per heavy atom. The number of rotatable bonds is 7. The lowest BCUT2D eigenvalue weighted by Crippen LogP contribution is -2.48. The summed E-state index contributed by atoms with van der Waals surface area (Å²) in [6.07, 6.45) is 3.46. The molecule has 0 radical (unpaired) electrons. The number of hydrogen-bond donors (Lipinski definition) is 1. The normalized spacial score (nSPS) is 19.4. The second-order valence-corrected chi connectivity index (χ2v) is 9.29. The maximum Gasteiger partial charge on any atom is 0.338 e. The van der Waals surface area contributed by atoms with Gasteiger partial charge in [-0.05, 0) is 62.8 Å². The summed E-state index contributed by atoms with van der Waals surface area (Å²) in [4.78, 5) is 24.2. The molecular weight excluding hydrogens is 382 g/mol. The maximum atomic E-state index is 12.5. The van der Waals surface area contributed by atoms with Gasteiger partial charge in [-0.25, -0.2) is 13.2 Å². The van der Waals surface area contributed by atoms with Gasteiger partial charge in [-0.2, -0.15) is 9.57 Å². The van der Waals surface area contributed by atoms with Crippen molar-refractivity contribution in [3.05, 3.63) is 29.8 Å². The molecule has 1 heterocycles. The Morgan fingerprint density at radius 3 is 2.39 bits per heavy atom. The number of hydrogen-bond acceptors (Lipinski definition) is 6. The Labute approximate surface area is 164 Å². The van der Waals surface area contributed by atoms with Gasteiger partial charge in [0.2, 0.25) is 10.0 Å². The van der Waals surface area contributed by atoms with Crippen molar-refractivity contribution in [3.8, 4) is 6.07 Å². The molecule has 2 aliphatic rings. The Morgan fingerprint density at radius 2 is 1.86 bits per heavy atom. The summed E-state index contributed by atoms with van der Waals surface area (Å²) in [5.41, 5.74) is -0.798. The number of nitriles is 1. The SMILES string of the molecule is C[C@](C#N)(NC(=O)COC(=O)c1ccc(S(=O)(=O)N2CCCC2)cc1)C1CC1. The first-order valence-corrected chi connectivity index (χ1v) is 10.7. The first kappa shape index (κ1) is 20.3. The fourth-order valence-electron chi connectivity index (χ4n) is 3.26. The molecule has 1 N–H and O–H groups in total. The Bertz CT molecular complexity index is 896. The lowest BCUT2D eigenvalue weighted by atomic mass is 9.98. The van der Waals surface area contributed by atoms with Crippen LogP contribution in [-0.4, -0.2) is 49.8 Å². The number of nitrogens with one attached hydrogen (secondary N) is 1. The maximum absolute atomic E-state index is 12.5. The van der Waals surface area contributed by atoms with Crippen LogP contribution in [0, 0.1) is 17.2 Å². The highest BCUT2D eigenvalue weighted by molar-refractivity contribution is 7.89. The Hall–Kier alpha value is -2.44. The van der Waals surface area contributed by atoms with Crippen LogP contribution in [0.25, 0.3) is 0 Å². The average Bonchev–Trinajstić information content (AvgIpc) is 3.40. The molecule has 1 saturated carbocycles. The molecule has 0 bridgehead atoms. The predicted molar refractivity (Wildman–Crippen MR) is 99.6 cm³/mol. The van der Waals surface area contributed by atoms with Gasteiger partial charge in [0.25, 0.3) is 5.91 Å². The van der Waals surface area contributed by atoms with E-state index in [9.17, 15) is 23.3 Å². The van der Waals surface area contributed by atoms with Gasteiger partial charge in [0.15, 0.2) is 6.61 Å². The zero-order chi connectivity index (χ0) is 20.4. The number of esters is 1. The van der Waals surface area contributed by atoms with Gasteiger partial charge in [0, 0.05) is 13.1 Å². The number of benzene rings is 1. The summed E-state index contributed by atoms with van der Waals surface area (Å²) in [5, 5.41) is 11.9. The van der Waals surface area contributed by atoms with Gasteiger partial charge in [-0.1, -0.05) is 0 Å². The number of nitrogens with zero attached hydrogens (tertiary/aromatic N) is 2. The number of amides is 1. The van der Waals surface area contributed by atoms with Gasteiger partial charge in [-0.3, -0.25) is 4.79 Å².